The molecule has 0 saturated carbocycles. The molecule has 7 nitrogen and oxygen atoms in total. The second kappa shape index (κ2) is 10.3. The van der Waals surface area contributed by atoms with Gasteiger partial charge in [-0.25, -0.2) is 4.39 Å². The number of rotatable bonds is 9. The summed E-state index contributed by atoms with van der Waals surface area (Å²) < 4.78 is 60.1. The van der Waals surface area contributed by atoms with Gasteiger partial charge in [0.1, 0.15) is 11.6 Å². The molecule has 0 aliphatic heterocycles. The van der Waals surface area contributed by atoms with Gasteiger partial charge >= 0.3 is 6.18 Å². The van der Waals surface area contributed by atoms with Crippen LogP contribution in [-0.2, 0) is 11.0 Å². The molecule has 1 heterocycles. The molecule has 1 aromatic carbocycles. The molecule has 0 aliphatic rings. The van der Waals surface area contributed by atoms with E-state index in [-0.39, 0.29) is 30.3 Å². The summed E-state index contributed by atoms with van der Waals surface area (Å²) in [5, 5.41) is 14.4. The van der Waals surface area contributed by atoms with Gasteiger partial charge in [0, 0.05) is 19.2 Å². The van der Waals surface area contributed by atoms with Crippen LogP contribution in [0.2, 0.25) is 5.02 Å². The quantitative estimate of drug-likeness (QED) is 0.508. The lowest BCUT2D eigenvalue weighted by atomic mass is 10.2. The highest BCUT2D eigenvalue weighted by Crippen LogP contribution is 2.30. The third kappa shape index (κ3) is 7.23. The van der Waals surface area contributed by atoms with Crippen LogP contribution < -0.4 is 15.4 Å². The minimum Gasteiger partial charge on any atom is -0.484 e. The number of aliphatic hydroxyl groups is 1. The van der Waals surface area contributed by atoms with Gasteiger partial charge in [-0.2, -0.15) is 13.2 Å². The van der Waals surface area contributed by atoms with Gasteiger partial charge in [0.2, 0.25) is 5.76 Å². The van der Waals surface area contributed by atoms with Crippen molar-refractivity contribution in [3.8, 4) is 5.75 Å². The Labute approximate surface area is 172 Å². The Balaban J connectivity index is 1.65. The number of halogens is 5. The third-order valence-electron chi connectivity index (χ3n) is 3.67. The van der Waals surface area contributed by atoms with E-state index in [9.17, 15) is 32.3 Å². The molecular weight excluding hydrogens is 436 g/mol. The summed E-state index contributed by atoms with van der Waals surface area (Å²) in [6, 6.07) is 5.20. The van der Waals surface area contributed by atoms with E-state index < -0.39 is 48.0 Å². The van der Waals surface area contributed by atoms with Gasteiger partial charge < -0.3 is 24.9 Å². The molecule has 2 rings (SSSR count). The SMILES string of the molecule is O=C(COc1ccc(Cl)c(F)c1)NCC(O)CCNC(=O)c1ccc(C(F)(F)F)o1. The van der Waals surface area contributed by atoms with Gasteiger partial charge in [-0.05, 0) is 30.7 Å². The van der Waals surface area contributed by atoms with Crippen molar-refractivity contribution in [3.05, 3.63) is 52.7 Å². The minimum absolute atomic E-state index is 0.0160. The van der Waals surface area contributed by atoms with Crippen LogP contribution in [0.1, 0.15) is 22.7 Å². The number of hydrogen-bond acceptors (Lipinski definition) is 5. The molecule has 30 heavy (non-hydrogen) atoms. The number of aliphatic hydroxyl groups excluding tert-OH is 1. The summed E-state index contributed by atoms with van der Waals surface area (Å²) in [4.78, 5) is 23.4. The standard InChI is InChI=1S/C18H17ClF4N2O5/c19-12-2-1-11(7-13(12)20)29-9-16(27)25-8-10(26)5-6-24-17(28)14-3-4-15(30-14)18(21,22)23/h1-4,7,10,26H,5-6,8-9H2,(H,24,28)(H,25,27). The fourth-order valence-corrected chi connectivity index (χ4v) is 2.27. The Hall–Kier alpha value is -2.79. The fraction of sp³-hybridized carbons (Fsp3) is 0.333. The molecule has 1 unspecified atom stereocenters. The molecule has 1 aromatic heterocycles. The molecule has 0 spiro atoms. The van der Waals surface area contributed by atoms with E-state index in [0.29, 0.717) is 6.07 Å². The molecule has 12 heteroatoms. The highest BCUT2D eigenvalue weighted by atomic mass is 35.5. The zero-order chi connectivity index (χ0) is 22.3. The lowest BCUT2D eigenvalue weighted by Crippen LogP contribution is -2.37. The minimum atomic E-state index is -4.70. The summed E-state index contributed by atoms with van der Waals surface area (Å²) >= 11 is 5.53. The van der Waals surface area contributed by atoms with Crippen LogP contribution in [0.15, 0.2) is 34.7 Å². The van der Waals surface area contributed by atoms with Crippen molar-refractivity contribution in [1.82, 2.24) is 10.6 Å². The van der Waals surface area contributed by atoms with Gasteiger partial charge in [-0.1, -0.05) is 11.6 Å². The van der Waals surface area contributed by atoms with E-state index in [1.54, 1.807) is 0 Å². The summed E-state index contributed by atoms with van der Waals surface area (Å²) in [7, 11) is 0. The van der Waals surface area contributed by atoms with Gasteiger partial charge in [0.15, 0.2) is 12.4 Å². The first kappa shape index (κ1) is 23.5. The number of benzene rings is 1. The average Bonchev–Trinajstić information content (AvgIpc) is 3.18. The second-order valence-electron chi connectivity index (χ2n) is 6.03. The van der Waals surface area contributed by atoms with Crippen molar-refractivity contribution in [2.75, 3.05) is 19.7 Å². The van der Waals surface area contributed by atoms with Crippen LogP contribution in [0.5, 0.6) is 5.75 Å². The van der Waals surface area contributed by atoms with E-state index in [1.807, 2.05) is 0 Å². The van der Waals surface area contributed by atoms with Crippen molar-refractivity contribution in [2.45, 2.75) is 18.7 Å². The zero-order valence-corrected chi connectivity index (χ0v) is 16.0. The average molecular weight is 453 g/mol. The molecule has 0 fully saturated rings. The van der Waals surface area contributed by atoms with Gasteiger partial charge in [0.05, 0.1) is 11.1 Å². The molecule has 0 radical (unpaired) electrons. The first-order valence-corrected chi connectivity index (χ1v) is 8.92. The van der Waals surface area contributed by atoms with Crippen LogP contribution in [0.3, 0.4) is 0 Å². The second-order valence-corrected chi connectivity index (χ2v) is 6.44. The third-order valence-corrected chi connectivity index (χ3v) is 3.97. The van der Waals surface area contributed by atoms with Crippen molar-refractivity contribution in [2.24, 2.45) is 0 Å². The van der Waals surface area contributed by atoms with Crippen LogP contribution in [0.25, 0.3) is 0 Å². The molecule has 2 amide bonds. The van der Waals surface area contributed by atoms with Gasteiger partial charge in [-0.15, -0.1) is 0 Å². The van der Waals surface area contributed by atoms with Crippen LogP contribution in [0.4, 0.5) is 17.6 Å². The van der Waals surface area contributed by atoms with Crippen molar-refractivity contribution in [3.63, 3.8) is 0 Å². The number of furan rings is 1. The first-order chi connectivity index (χ1) is 14.1. The Morgan fingerprint density at radius 2 is 1.93 bits per heavy atom. The molecule has 1 atom stereocenters. The monoisotopic (exact) mass is 452 g/mol. The Morgan fingerprint density at radius 3 is 2.57 bits per heavy atom. The highest BCUT2D eigenvalue weighted by molar-refractivity contribution is 6.30. The Bertz CT molecular complexity index is 888. The Kier molecular flexibility index (Phi) is 8.07. The maximum atomic E-state index is 13.3. The molecule has 3 N–H and O–H groups in total. The molecule has 0 saturated heterocycles. The molecule has 0 bridgehead atoms. The summed E-state index contributed by atoms with van der Waals surface area (Å²) in [6.07, 6.45) is -5.72. The lowest BCUT2D eigenvalue weighted by molar-refractivity contribution is -0.153. The summed E-state index contributed by atoms with van der Waals surface area (Å²) in [5.41, 5.74) is 0. The number of alkyl halides is 3. The zero-order valence-electron chi connectivity index (χ0n) is 15.3. The molecular formula is C18H17ClF4N2O5. The normalized spacial score (nSPS) is 12.3. The van der Waals surface area contributed by atoms with E-state index >= 15 is 0 Å². The number of amides is 2. The van der Waals surface area contributed by atoms with Crippen molar-refractivity contribution in [1.29, 1.82) is 0 Å². The van der Waals surface area contributed by atoms with Gasteiger partial charge in [0.25, 0.3) is 11.8 Å². The fourth-order valence-electron chi connectivity index (χ4n) is 2.15. The number of carbonyl (C=O) groups is 2. The maximum Gasteiger partial charge on any atom is 0.449 e. The number of hydrogen-bond donors (Lipinski definition) is 3. The van der Waals surface area contributed by atoms with Crippen LogP contribution in [0, 0.1) is 5.82 Å². The number of ether oxygens (including phenoxy) is 1. The highest BCUT2D eigenvalue weighted by Gasteiger charge is 2.35. The molecule has 0 aliphatic carbocycles. The van der Waals surface area contributed by atoms with Crippen molar-refractivity contribution < 1.29 is 41.4 Å². The van der Waals surface area contributed by atoms with Crippen molar-refractivity contribution >= 4 is 23.4 Å². The number of carbonyl (C=O) groups excluding carboxylic acids is 2. The topological polar surface area (TPSA) is 101 Å². The van der Waals surface area contributed by atoms with E-state index in [2.05, 4.69) is 15.1 Å². The lowest BCUT2D eigenvalue weighted by Gasteiger charge is -2.13. The van der Waals surface area contributed by atoms with Crippen LogP contribution in [-0.4, -0.2) is 42.7 Å². The smallest absolute Gasteiger partial charge is 0.449 e. The molecule has 164 valence electrons. The Morgan fingerprint density at radius 1 is 1.20 bits per heavy atom. The summed E-state index contributed by atoms with van der Waals surface area (Å²) in [5.74, 6) is -3.85. The predicted octanol–water partition coefficient (Wildman–Crippen LogP) is 2.77. The van der Waals surface area contributed by atoms with E-state index in [1.165, 1.54) is 12.1 Å². The molecule has 2 aromatic rings. The number of nitrogens with one attached hydrogen (secondary N) is 2. The maximum absolute atomic E-state index is 13.3. The first-order valence-electron chi connectivity index (χ1n) is 8.54. The van der Waals surface area contributed by atoms with Crippen LogP contribution >= 0.6 is 11.6 Å². The van der Waals surface area contributed by atoms with E-state index in [0.717, 1.165) is 12.1 Å². The largest absolute Gasteiger partial charge is 0.484 e. The predicted molar refractivity (Wildman–Crippen MR) is 96.6 cm³/mol. The summed E-state index contributed by atoms with van der Waals surface area (Å²) in [6.45, 7) is -0.658. The van der Waals surface area contributed by atoms with Gasteiger partial charge in [-0.3, -0.25) is 9.59 Å². The van der Waals surface area contributed by atoms with E-state index in [4.69, 9.17) is 16.3 Å².